The Morgan fingerprint density at radius 1 is 1.10 bits per heavy atom. The number of carboxylic acids is 1. The van der Waals surface area contributed by atoms with Gasteiger partial charge in [0.25, 0.3) is 0 Å². The van der Waals surface area contributed by atoms with E-state index in [0.717, 1.165) is 32.2 Å². The molecule has 0 amide bonds. The molecule has 0 bridgehead atoms. The smallest absolute Gasteiger partial charge is 0.310 e. The molecule has 2 unspecified atom stereocenters. The fraction of sp³-hybridized carbons (Fsp3) is 0.941. The molecule has 20 heavy (non-hydrogen) atoms. The summed E-state index contributed by atoms with van der Waals surface area (Å²) in [6, 6.07) is 0.586. The third-order valence-corrected chi connectivity index (χ3v) is 5.70. The molecule has 0 aromatic carbocycles. The zero-order valence-corrected chi connectivity index (χ0v) is 13.2. The standard InChI is InChI=1S/C17H31NO2/c1-14-9-5-6-10-15(14)18(2)13-17(16(19)20)11-7-3-4-8-12-17/h14-15H,3-13H2,1-2H3,(H,19,20). The van der Waals surface area contributed by atoms with Crippen molar-refractivity contribution in [3.63, 3.8) is 0 Å². The van der Waals surface area contributed by atoms with E-state index in [9.17, 15) is 9.90 Å². The predicted molar refractivity (Wildman–Crippen MR) is 81.8 cm³/mol. The Balaban J connectivity index is 2.04. The Kier molecular flexibility index (Phi) is 5.48. The first-order valence-corrected chi connectivity index (χ1v) is 8.49. The van der Waals surface area contributed by atoms with Gasteiger partial charge in [-0.2, -0.15) is 0 Å². The zero-order valence-electron chi connectivity index (χ0n) is 13.2. The number of carboxylic acid groups (broad SMARTS) is 1. The number of hydrogen-bond acceptors (Lipinski definition) is 2. The van der Waals surface area contributed by atoms with Crippen LogP contribution in [0.2, 0.25) is 0 Å². The van der Waals surface area contributed by atoms with Crippen molar-refractivity contribution >= 4 is 5.97 Å². The molecule has 3 nitrogen and oxygen atoms in total. The molecule has 2 rings (SSSR count). The summed E-state index contributed by atoms with van der Waals surface area (Å²) >= 11 is 0. The molecule has 2 fully saturated rings. The third-order valence-electron chi connectivity index (χ3n) is 5.70. The first kappa shape index (κ1) is 15.8. The molecule has 2 aliphatic rings. The van der Waals surface area contributed by atoms with Gasteiger partial charge in [0.15, 0.2) is 0 Å². The van der Waals surface area contributed by atoms with Crippen LogP contribution in [0.4, 0.5) is 0 Å². The molecule has 0 saturated heterocycles. The molecule has 0 aliphatic heterocycles. The average molecular weight is 281 g/mol. The van der Waals surface area contributed by atoms with Crippen LogP contribution in [-0.2, 0) is 4.79 Å². The van der Waals surface area contributed by atoms with Gasteiger partial charge in [0.05, 0.1) is 5.41 Å². The minimum atomic E-state index is -0.560. The van der Waals surface area contributed by atoms with E-state index in [0.29, 0.717) is 12.0 Å². The molecule has 0 spiro atoms. The Hall–Kier alpha value is -0.570. The van der Waals surface area contributed by atoms with Crippen molar-refractivity contribution in [2.45, 2.75) is 77.2 Å². The Labute approximate surface area is 123 Å². The molecule has 116 valence electrons. The molecule has 3 heteroatoms. The molecule has 2 saturated carbocycles. The van der Waals surface area contributed by atoms with Gasteiger partial charge in [0.2, 0.25) is 0 Å². The maximum Gasteiger partial charge on any atom is 0.310 e. The Morgan fingerprint density at radius 2 is 1.70 bits per heavy atom. The molecule has 0 heterocycles. The summed E-state index contributed by atoms with van der Waals surface area (Å²) in [6.07, 6.45) is 11.5. The van der Waals surface area contributed by atoms with Crippen molar-refractivity contribution in [1.82, 2.24) is 4.90 Å². The molecule has 1 N–H and O–H groups in total. The van der Waals surface area contributed by atoms with Crippen LogP contribution in [0.1, 0.15) is 71.1 Å². The van der Waals surface area contributed by atoms with Crippen LogP contribution in [-0.4, -0.2) is 35.6 Å². The van der Waals surface area contributed by atoms with Crippen LogP contribution >= 0.6 is 0 Å². The minimum Gasteiger partial charge on any atom is -0.481 e. The van der Waals surface area contributed by atoms with E-state index in [4.69, 9.17) is 0 Å². The summed E-state index contributed by atoms with van der Waals surface area (Å²) in [4.78, 5) is 14.3. The van der Waals surface area contributed by atoms with Gasteiger partial charge < -0.3 is 10.0 Å². The van der Waals surface area contributed by atoms with E-state index in [1.54, 1.807) is 0 Å². The van der Waals surface area contributed by atoms with E-state index in [1.807, 2.05) is 0 Å². The molecular formula is C17H31NO2. The van der Waals surface area contributed by atoms with Crippen molar-refractivity contribution in [2.75, 3.05) is 13.6 Å². The lowest BCUT2D eigenvalue weighted by Crippen LogP contribution is -2.48. The summed E-state index contributed by atoms with van der Waals surface area (Å²) in [6.45, 7) is 3.08. The number of rotatable bonds is 4. The summed E-state index contributed by atoms with van der Waals surface area (Å²) in [5, 5.41) is 9.80. The number of hydrogen-bond donors (Lipinski definition) is 1. The summed E-state index contributed by atoms with van der Waals surface area (Å²) in [5.41, 5.74) is -0.484. The molecule has 0 aromatic rings. The van der Waals surface area contributed by atoms with Crippen LogP contribution in [0.25, 0.3) is 0 Å². The summed E-state index contributed by atoms with van der Waals surface area (Å²) in [7, 11) is 2.15. The second-order valence-corrected chi connectivity index (χ2v) is 7.24. The molecule has 2 aliphatic carbocycles. The van der Waals surface area contributed by atoms with Crippen LogP contribution in [0.15, 0.2) is 0 Å². The maximum atomic E-state index is 11.9. The molecule has 2 atom stereocenters. The van der Waals surface area contributed by atoms with E-state index in [1.165, 1.54) is 38.5 Å². The fourth-order valence-electron chi connectivity index (χ4n) is 4.39. The first-order valence-electron chi connectivity index (χ1n) is 8.49. The lowest BCUT2D eigenvalue weighted by molar-refractivity contribution is -0.151. The third kappa shape index (κ3) is 3.55. The monoisotopic (exact) mass is 281 g/mol. The highest BCUT2D eigenvalue weighted by atomic mass is 16.4. The van der Waals surface area contributed by atoms with Crippen molar-refractivity contribution in [1.29, 1.82) is 0 Å². The van der Waals surface area contributed by atoms with Gasteiger partial charge in [-0.25, -0.2) is 0 Å². The van der Waals surface area contributed by atoms with Gasteiger partial charge in [0, 0.05) is 12.6 Å². The van der Waals surface area contributed by atoms with Gasteiger partial charge in [0.1, 0.15) is 0 Å². The second kappa shape index (κ2) is 6.93. The number of nitrogens with zero attached hydrogens (tertiary/aromatic N) is 1. The minimum absolute atomic E-state index is 0.484. The maximum absolute atomic E-state index is 11.9. The lowest BCUT2D eigenvalue weighted by atomic mass is 9.78. The van der Waals surface area contributed by atoms with E-state index in [2.05, 4.69) is 18.9 Å². The summed E-state index contributed by atoms with van der Waals surface area (Å²) < 4.78 is 0. The van der Waals surface area contributed by atoms with Gasteiger partial charge in [-0.3, -0.25) is 4.79 Å². The van der Waals surface area contributed by atoms with Gasteiger partial charge >= 0.3 is 5.97 Å². The van der Waals surface area contributed by atoms with Crippen LogP contribution in [0.5, 0.6) is 0 Å². The van der Waals surface area contributed by atoms with Crippen molar-refractivity contribution in [3.05, 3.63) is 0 Å². The van der Waals surface area contributed by atoms with E-state index >= 15 is 0 Å². The quantitative estimate of drug-likeness (QED) is 0.794. The Bertz CT molecular complexity index is 321. The highest BCUT2D eigenvalue weighted by Gasteiger charge is 2.41. The lowest BCUT2D eigenvalue weighted by Gasteiger charge is -2.41. The van der Waals surface area contributed by atoms with Crippen LogP contribution in [0.3, 0.4) is 0 Å². The van der Waals surface area contributed by atoms with E-state index < -0.39 is 11.4 Å². The predicted octanol–water partition coefficient (Wildman–Crippen LogP) is 3.92. The van der Waals surface area contributed by atoms with Crippen molar-refractivity contribution in [2.24, 2.45) is 11.3 Å². The van der Waals surface area contributed by atoms with Crippen molar-refractivity contribution < 1.29 is 9.90 Å². The largest absolute Gasteiger partial charge is 0.481 e. The topological polar surface area (TPSA) is 40.5 Å². The molecular weight excluding hydrogens is 250 g/mol. The van der Waals surface area contributed by atoms with E-state index in [-0.39, 0.29) is 0 Å². The van der Waals surface area contributed by atoms with Gasteiger partial charge in [-0.05, 0) is 38.6 Å². The van der Waals surface area contributed by atoms with Crippen LogP contribution in [0, 0.1) is 11.3 Å². The Morgan fingerprint density at radius 3 is 2.25 bits per heavy atom. The number of aliphatic carboxylic acids is 1. The summed E-state index contributed by atoms with van der Waals surface area (Å²) in [5.74, 6) is 0.153. The molecule has 0 radical (unpaired) electrons. The SMILES string of the molecule is CC1CCCCC1N(C)CC1(C(=O)O)CCCCCC1. The fourth-order valence-corrected chi connectivity index (χ4v) is 4.39. The average Bonchev–Trinajstić information content (AvgIpc) is 2.65. The van der Waals surface area contributed by atoms with Gasteiger partial charge in [-0.1, -0.05) is 45.4 Å². The normalized spacial score (nSPS) is 30.9. The first-order chi connectivity index (χ1) is 9.55. The second-order valence-electron chi connectivity index (χ2n) is 7.24. The van der Waals surface area contributed by atoms with Gasteiger partial charge in [-0.15, -0.1) is 0 Å². The van der Waals surface area contributed by atoms with Crippen molar-refractivity contribution in [3.8, 4) is 0 Å². The van der Waals surface area contributed by atoms with Crippen LogP contribution < -0.4 is 0 Å². The highest BCUT2D eigenvalue weighted by molar-refractivity contribution is 5.75. The number of carbonyl (C=O) groups is 1. The zero-order chi connectivity index (χ0) is 14.6. The highest BCUT2D eigenvalue weighted by Crippen LogP contribution is 2.38. The molecule has 0 aromatic heterocycles.